The Morgan fingerprint density at radius 3 is 2.27 bits per heavy atom. The minimum atomic E-state index is 0.378. The van der Waals surface area contributed by atoms with E-state index in [-0.39, 0.29) is 0 Å². The SMILES string of the molecule is CCCCCCC(CC)CO. The Balaban J connectivity index is 3.07. The first-order valence-corrected chi connectivity index (χ1v) is 4.96. The van der Waals surface area contributed by atoms with Gasteiger partial charge < -0.3 is 5.11 Å². The van der Waals surface area contributed by atoms with E-state index in [0.717, 1.165) is 6.42 Å². The summed E-state index contributed by atoms with van der Waals surface area (Å²) in [4.78, 5) is 0. The third kappa shape index (κ3) is 6.36. The highest BCUT2D eigenvalue weighted by Crippen LogP contribution is 2.12. The van der Waals surface area contributed by atoms with Gasteiger partial charge >= 0.3 is 0 Å². The van der Waals surface area contributed by atoms with E-state index < -0.39 is 0 Å². The van der Waals surface area contributed by atoms with E-state index in [9.17, 15) is 0 Å². The molecule has 0 amide bonds. The maximum Gasteiger partial charge on any atom is 0.0459 e. The monoisotopic (exact) mass is 158 g/mol. The Morgan fingerprint density at radius 2 is 1.82 bits per heavy atom. The molecule has 0 radical (unpaired) electrons. The van der Waals surface area contributed by atoms with Gasteiger partial charge in [-0.25, -0.2) is 0 Å². The summed E-state index contributed by atoms with van der Waals surface area (Å²) in [7, 11) is 0. The third-order valence-corrected chi connectivity index (χ3v) is 2.30. The Hall–Kier alpha value is -0.0400. The van der Waals surface area contributed by atoms with Crippen LogP contribution >= 0.6 is 0 Å². The van der Waals surface area contributed by atoms with Crippen molar-refractivity contribution < 1.29 is 5.11 Å². The molecule has 0 rings (SSSR count). The average Bonchev–Trinajstić information content (AvgIpc) is 2.05. The number of rotatable bonds is 7. The molecule has 0 aromatic heterocycles. The molecule has 0 spiro atoms. The Morgan fingerprint density at radius 1 is 1.09 bits per heavy atom. The summed E-state index contributed by atoms with van der Waals surface area (Å²) in [6, 6.07) is 0. The van der Waals surface area contributed by atoms with E-state index in [2.05, 4.69) is 13.8 Å². The minimum absolute atomic E-state index is 0.378. The number of hydrogen-bond donors (Lipinski definition) is 1. The number of unbranched alkanes of at least 4 members (excludes halogenated alkanes) is 3. The van der Waals surface area contributed by atoms with E-state index in [0.29, 0.717) is 12.5 Å². The van der Waals surface area contributed by atoms with Crippen molar-refractivity contribution in [2.45, 2.75) is 52.4 Å². The molecular weight excluding hydrogens is 136 g/mol. The number of hydrogen-bond acceptors (Lipinski definition) is 1. The van der Waals surface area contributed by atoms with Crippen molar-refractivity contribution in [2.75, 3.05) is 6.61 Å². The Bertz CT molecular complexity index is 67.3. The summed E-state index contributed by atoms with van der Waals surface area (Å²) in [5.74, 6) is 0.562. The van der Waals surface area contributed by atoms with Crippen LogP contribution in [0.5, 0.6) is 0 Å². The maximum atomic E-state index is 8.88. The second-order valence-electron chi connectivity index (χ2n) is 3.31. The molecule has 0 bridgehead atoms. The molecule has 0 saturated heterocycles. The van der Waals surface area contributed by atoms with Gasteiger partial charge in [0.25, 0.3) is 0 Å². The highest BCUT2D eigenvalue weighted by molar-refractivity contribution is 4.54. The van der Waals surface area contributed by atoms with Crippen LogP contribution in [-0.2, 0) is 0 Å². The largest absolute Gasteiger partial charge is 0.396 e. The second kappa shape index (κ2) is 8.06. The molecule has 1 atom stereocenters. The quantitative estimate of drug-likeness (QED) is 0.565. The fourth-order valence-corrected chi connectivity index (χ4v) is 1.28. The lowest BCUT2D eigenvalue weighted by Gasteiger charge is -2.09. The van der Waals surface area contributed by atoms with Gasteiger partial charge in [-0.15, -0.1) is 0 Å². The summed E-state index contributed by atoms with van der Waals surface area (Å²) < 4.78 is 0. The standard InChI is InChI=1S/C10H22O/c1-3-5-6-7-8-10(4-2)9-11/h10-11H,3-9H2,1-2H3. The fraction of sp³-hybridized carbons (Fsp3) is 1.00. The highest BCUT2D eigenvalue weighted by Gasteiger charge is 2.02. The van der Waals surface area contributed by atoms with Crippen LogP contribution in [0.1, 0.15) is 52.4 Å². The van der Waals surface area contributed by atoms with Crippen LogP contribution in [0.15, 0.2) is 0 Å². The molecule has 0 aliphatic rings. The van der Waals surface area contributed by atoms with Crippen LogP contribution < -0.4 is 0 Å². The van der Waals surface area contributed by atoms with E-state index in [1.54, 1.807) is 0 Å². The van der Waals surface area contributed by atoms with Gasteiger partial charge in [0.15, 0.2) is 0 Å². The Kier molecular flexibility index (Phi) is 8.03. The van der Waals surface area contributed by atoms with E-state index in [4.69, 9.17) is 5.11 Å². The average molecular weight is 158 g/mol. The van der Waals surface area contributed by atoms with Crippen molar-refractivity contribution in [2.24, 2.45) is 5.92 Å². The van der Waals surface area contributed by atoms with Crippen LogP contribution in [0.2, 0.25) is 0 Å². The molecule has 11 heavy (non-hydrogen) atoms. The van der Waals surface area contributed by atoms with Crippen molar-refractivity contribution in [1.82, 2.24) is 0 Å². The van der Waals surface area contributed by atoms with Gasteiger partial charge in [0.2, 0.25) is 0 Å². The van der Waals surface area contributed by atoms with Crippen LogP contribution in [0.25, 0.3) is 0 Å². The van der Waals surface area contributed by atoms with Gasteiger partial charge in [-0.1, -0.05) is 46.0 Å². The maximum absolute atomic E-state index is 8.88. The highest BCUT2D eigenvalue weighted by atomic mass is 16.3. The molecule has 1 nitrogen and oxygen atoms in total. The molecule has 0 fully saturated rings. The van der Waals surface area contributed by atoms with Crippen molar-refractivity contribution in [3.8, 4) is 0 Å². The first-order chi connectivity index (χ1) is 5.35. The first-order valence-electron chi connectivity index (χ1n) is 4.96. The van der Waals surface area contributed by atoms with Gasteiger partial charge in [0, 0.05) is 6.61 Å². The van der Waals surface area contributed by atoms with Crippen LogP contribution in [-0.4, -0.2) is 11.7 Å². The summed E-state index contributed by atoms with van der Waals surface area (Å²) in [5, 5.41) is 8.88. The van der Waals surface area contributed by atoms with Crippen LogP contribution in [0, 0.1) is 5.92 Å². The molecule has 1 unspecified atom stereocenters. The molecule has 0 saturated carbocycles. The van der Waals surface area contributed by atoms with Crippen molar-refractivity contribution >= 4 is 0 Å². The summed E-state index contributed by atoms with van der Waals surface area (Å²) >= 11 is 0. The zero-order chi connectivity index (χ0) is 8.53. The minimum Gasteiger partial charge on any atom is -0.396 e. The molecule has 0 aromatic rings. The predicted molar refractivity (Wildman–Crippen MR) is 49.6 cm³/mol. The smallest absolute Gasteiger partial charge is 0.0459 e. The summed E-state index contributed by atoms with van der Waals surface area (Å²) in [5.41, 5.74) is 0. The van der Waals surface area contributed by atoms with Gasteiger partial charge in [-0.3, -0.25) is 0 Å². The third-order valence-electron chi connectivity index (χ3n) is 2.30. The molecule has 0 aromatic carbocycles. The molecular formula is C10H22O. The zero-order valence-corrected chi connectivity index (χ0v) is 7.97. The fourth-order valence-electron chi connectivity index (χ4n) is 1.28. The lowest BCUT2D eigenvalue weighted by molar-refractivity contribution is 0.211. The topological polar surface area (TPSA) is 20.2 Å². The Labute approximate surface area is 70.8 Å². The molecule has 1 heteroatoms. The van der Waals surface area contributed by atoms with Crippen LogP contribution in [0.4, 0.5) is 0 Å². The zero-order valence-electron chi connectivity index (χ0n) is 7.97. The molecule has 0 aliphatic carbocycles. The molecule has 68 valence electrons. The second-order valence-corrected chi connectivity index (χ2v) is 3.31. The molecule has 0 heterocycles. The number of aliphatic hydroxyl groups is 1. The van der Waals surface area contributed by atoms with E-state index >= 15 is 0 Å². The molecule has 1 N–H and O–H groups in total. The normalized spacial score (nSPS) is 13.4. The first kappa shape index (κ1) is 11.0. The summed E-state index contributed by atoms with van der Waals surface area (Å²) in [6.45, 7) is 4.76. The molecule has 0 aliphatic heterocycles. The lowest BCUT2D eigenvalue weighted by atomic mass is 9.99. The van der Waals surface area contributed by atoms with Gasteiger partial charge in [0.1, 0.15) is 0 Å². The van der Waals surface area contributed by atoms with Gasteiger partial charge in [-0.05, 0) is 12.3 Å². The van der Waals surface area contributed by atoms with Gasteiger partial charge in [0.05, 0.1) is 0 Å². The predicted octanol–water partition coefficient (Wildman–Crippen LogP) is 2.98. The van der Waals surface area contributed by atoms with Crippen LogP contribution in [0.3, 0.4) is 0 Å². The van der Waals surface area contributed by atoms with Crippen molar-refractivity contribution in [3.63, 3.8) is 0 Å². The number of aliphatic hydroxyl groups excluding tert-OH is 1. The van der Waals surface area contributed by atoms with Crippen molar-refractivity contribution in [1.29, 1.82) is 0 Å². The van der Waals surface area contributed by atoms with Gasteiger partial charge in [-0.2, -0.15) is 0 Å². The van der Waals surface area contributed by atoms with Crippen molar-refractivity contribution in [3.05, 3.63) is 0 Å². The lowest BCUT2D eigenvalue weighted by Crippen LogP contribution is -2.03. The van der Waals surface area contributed by atoms with E-state index in [1.165, 1.54) is 32.1 Å². The van der Waals surface area contributed by atoms with E-state index in [1.807, 2.05) is 0 Å². The summed E-state index contributed by atoms with van der Waals surface area (Å²) in [6.07, 6.45) is 7.63.